The second-order valence-electron chi connectivity index (χ2n) is 8.68. The lowest BCUT2D eigenvalue weighted by atomic mass is 10.0. The Morgan fingerprint density at radius 1 is 1.14 bits per heavy atom. The Morgan fingerprint density at radius 3 is 2.35 bits per heavy atom. The van der Waals surface area contributed by atoms with Crippen molar-refractivity contribution in [2.24, 2.45) is 5.73 Å². The smallest absolute Gasteiger partial charge is 0.273 e. The Morgan fingerprint density at radius 2 is 1.78 bits per heavy atom. The summed E-state index contributed by atoms with van der Waals surface area (Å²) in [5.41, 5.74) is 12.2. The van der Waals surface area contributed by atoms with E-state index in [1.807, 2.05) is 6.92 Å². The Hall–Kier alpha value is -3.63. The summed E-state index contributed by atoms with van der Waals surface area (Å²) in [6, 6.07) is 12.6. The Kier molecular flexibility index (Phi) is 8.30. The summed E-state index contributed by atoms with van der Waals surface area (Å²) in [7, 11) is 0. The number of amides is 3. The predicted octanol–water partition coefficient (Wildman–Crippen LogP) is 4.32. The predicted molar refractivity (Wildman–Crippen MR) is 144 cm³/mol. The molecule has 0 aliphatic heterocycles. The quantitative estimate of drug-likeness (QED) is 0.368. The fraction of sp³-hybridized carbons (Fsp3) is 0.308. The Labute approximate surface area is 223 Å². The summed E-state index contributed by atoms with van der Waals surface area (Å²) in [6.07, 6.45) is 3.82. The zero-order valence-electron chi connectivity index (χ0n) is 20.3. The highest BCUT2D eigenvalue weighted by atomic mass is 35.5. The van der Waals surface area contributed by atoms with Gasteiger partial charge < -0.3 is 21.5 Å². The summed E-state index contributed by atoms with van der Waals surface area (Å²) >= 11 is 6.88. The third kappa shape index (κ3) is 5.86. The molecule has 1 heterocycles. The number of anilines is 2. The molecule has 194 valence electrons. The SMILES string of the molecule is CCOc1ccc([C@@H](C(=O)NC2CCCC2)N(C(=O)c2snc(C(N)=O)c2N)c2ccc(Cl)cc2)cc1. The van der Waals surface area contributed by atoms with E-state index in [-0.39, 0.29) is 28.2 Å². The zero-order valence-corrected chi connectivity index (χ0v) is 21.8. The second-order valence-corrected chi connectivity index (χ2v) is 9.89. The van der Waals surface area contributed by atoms with E-state index in [1.54, 1.807) is 48.5 Å². The fourth-order valence-electron chi connectivity index (χ4n) is 4.40. The van der Waals surface area contributed by atoms with Gasteiger partial charge in [-0.15, -0.1) is 0 Å². The van der Waals surface area contributed by atoms with Crippen molar-refractivity contribution >= 4 is 52.2 Å². The van der Waals surface area contributed by atoms with Crippen LogP contribution in [0.4, 0.5) is 11.4 Å². The van der Waals surface area contributed by atoms with Crippen molar-refractivity contribution in [2.75, 3.05) is 17.2 Å². The largest absolute Gasteiger partial charge is 0.494 e. The fourth-order valence-corrected chi connectivity index (χ4v) is 5.27. The molecule has 0 bridgehead atoms. The molecule has 11 heteroatoms. The number of nitrogen functional groups attached to an aromatic ring is 1. The molecule has 0 unspecified atom stereocenters. The number of carbonyl (C=O) groups is 3. The number of nitrogens with one attached hydrogen (secondary N) is 1. The first-order chi connectivity index (χ1) is 17.8. The highest BCUT2D eigenvalue weighted by Crippen LogP contribution is 2.34. The third-order valence-electron chi connectivity index (χ3n) is 6.19. The van der Waals surface area contributed by atoms with Gasteiger partial charge in [0.2, 0.25) is 5.91 Å². The average molecular weight is 542 g/mol. The van der Waals surface area contributed by atoms with Gasteiger partial charge in [-0.2, -0.15) is 4.37 Å². The first-order valence-corrected chi connectivity index (χ1v) is 13.1. The van der Waals surface area contributed by atoms with E-state index in [0.717, 1.165) is 37.2 Å². The van der Waals surface area contributed by atoms with Gasteiger partial charge in [0.1, 0.15) is 16.7 Å². The van der Waals surface area contributed by atoms with Crippen LogP contribution in [0.1, 0.15) is 64.4 Å². The average Bonchev–Trinajstić information content (AvgIpc) is 3.53. The van der Waals surface area contributed by atoms with Crippen molar-refractivity contribution in [3.05, 3.63) is 69.7 Å². The molecule has 2 aromatic carbocycles. The van der Waals surface area contributed by atoms with Crippen LogP contribution >= 0.6 is 23.1 Å². The molecule has 9 nitrogen and oxygen atoms in total. The molecule has 0 radical (unpaired) electrons. The normalized spacial score (nSPS) is 14.2. The molecule has 1 saturated carbocycles. The molecule has 1 aliphatic carbocycles. The maximum absolute atomic E-state index is 14.0. The number of benzene rings is 2. The maximum atomic E-state index is 14.0. The van der Waals surface area contributed by atoms with Gasteiger partial charge in [-0.1, -0.05) is 36.6 Å². The van der Waals surface area contributed by atoms with Crippen molar-refractivity contribution in [1.82, 2.24) is 9.69 Å². The van der Waals surface area contributed by atoms with Crippen LogP contribution in [0.15, 0.2) is 48.5 Å². The van der Waals surface area contributed by atoms with Gasteiger partial charge in [0.15, 0.2) is 5.69 Å². The molecule has 0 saturated heterocycles. The minimum Gasteiger partial charge on any atom is -0.494 e. The van der Waals surface area contributed by atoms with Crippen molar-refractivity contribution < 1.29 is 19.1 Å². The highest BCUT2D eigenvalue weighted by Gasteiger charge is 2.37. The minimum absolute atomic E-state index is 0.00773. The first kappa shape index (κ1) is 26.4. The number of ether oxygens (including phenoxy) is 1. The molecule has 1 fully saturated rings. The summed E-state index contributed by atoms with van der Waals surface area (Å²) in [5.74, 6) is -1.13. The van der Waals surface area contributed by atoms with E-state index in [4.69, 9.17) is 27.8 Å². The van der Waals surface area contributed by atoms with Crippen molar-refractivity contribution in [2.45, 2.75) is 44.7 Å². The van der Waals surface area contributed by atoms with Gasteiger partial charge in [-0.05, 0) is 73.3 Å². The van der Waals surface area contributed by atoms with Crippen LogP contribution in [0, 0.1) is 0 Å². The number of rotatable bonds is 9. The lowest BCUT2D eigenvalue weighted by Crippen LogP contribution is -2.46. The number of nitrogens with zero attached hydrogens (tertiary/aromatic N) is 2. The van der Waals surface area contributed by atoms with Crippen LogP contribution < -0.4 is 26.4 Å². The van der Waals surface area contributed by atoms with Gasteiger partial charge in [-0.3, -0.25) is 19.3 Å². The molecule has 3 amide bonds. The monoisotopic (exact) mass is 541 g/mol. The van der Waals surface area contributed by atoms with Crippen LogP contribution in [0.5, 0.6) is 5.75 Å². The molecule has 1 atom stereocenters. The van der Waals surface area contributed by atoms with Gasteiger partial charge in [0.25, 0.3) is 11.8 Å². The number of nitrogens with two attached hydrogens (primary N) is 2. The van der Waals surface area contributed by atoms with E-state index in [2.05, 4.69) is 9.69 Å². The van der Waals surface area contributed by atoms with E-state index >= 15 is 0 Å². The molecule has 5 N–H and O–H groups in total. The van der Waals surface area contributed by atoms with E-state index in [9.17, 15) is 14.4 Å². The summed E-state index contributed by atoms with van der Waals surface area (Å²) in [5, 5.41) is 3.59. The zero-order chi connectivity index (χ0) is 26.5. The van der Waals surface area contributed by atoms with Gasteiger partial charge in [0.05, 0.1) is 12.3 Å². The lowest BCUT2D eigenvalue weighted by molar-refractivity contribution is -0.123. The number of halogens is 1. The van der Waals surface area contributed by atoms with Gasteiger partial charge in [0, 0.05) is 16.8 Å². The van der Waals surface area contributed by atoms with Crippen molar-refractivity contribution in [1.29, 1.82) is 0 Å². The Balaban J connectivity index is 1.83. The second kappa shape index (κ2) is 11.6. The molecular weight excluding hydrogens is 514 g/mol. The van der Waals surface area contributed by atoms with Crippen molar-refractivity contribution in [3.63, 3.8) is 0 Å². The molecule has 37 heavy (non-hydrogen) atoms. The van der Waals surface area contributed by atoms with Crippen molar-refractivity contribution in [3.8, 4) is 5.75 Å². The topological polar surface area (TPSA) is 141 Å². The van der Waals surface area contributed by atoms with E-state index in [1.165, 1.54) is 4.90 Å². The summed E-state index contributed by atoms with van der Waals surface area (Å²) < 4.78 is 9.54. The molecule has 1 aliphatic rings. The van der Waals surface area contributed by atoms with E-state index < -0.39 is 17.9 Å². The number of hydrogen-bond acceptors (Lipinski definition) is 7. The Bertz CT molecular complexity index is 1270. The first-order valence-electron chi connectivity index (χ1n) is 12.0. The van der Waals surface area contributed by atoms with Crippen LogP contribution in [0.25, 0.3) is 0 Å². The molecule has 0 spiro atoms. The molecular formula is C26H28ClN5O4S. The van der Waals surface area contributed by atoms with Gasteiger partial charge >= 0.3 is 0 Å². The molecule has 4 rings (SSSR count). The molecule has 1 aromatic heterocycles. The highest BCUT2D eigenvalue weighted by molar-refractivity contribution is 7.09. The van der Waals surface area contributed by atoms with Crippen LogP contribution in [0.2, 0.25) is 5.02 Å². The minimum atomic E-state index is -1.05. The third-order valence-corrected chi connectivity index (χ3v) is 7.30. The van der Waals surface area contributed by atoms with Gasteiger partial charge in [-0.25, -0.2) is 0 Å². The number of carbonyl (C=O) groups excluding carboxylic acids is 3. The molecule has 3 aromatic rings. The van der Waals surface area contributed by atoms with Crippen LogP contribution in [0.3, 0.4) is 0 Å². The standard InChI is InChI=1S/C26H28ClN5O4S/c1-2-36-19-13-7-15(8-14-19)22(25(34)30-17-5-3-4-6-17)32(18-11-9-16(27)10-12-18)26(35)23-20(28)21(24(29)33)31-37-23/h7-14,17,22H,2-6,28H2,1H3,(H2,29,33)(H,30,34)/t22-/m0/s1. The number of primary amides is 1. The lowest BCUT2D eigenvalue weighted by Gasteiger charge is -2.32. The van der Waals surface area contributed by atoms with Crippen LogP contribution in [-0.2, 0) is 4.79 Å². The maximum Gasteiger partial charge on any atom is 0.273 e. The van der Waals surface area contributed by atoms with Crippen LogP contribution in [-0.4, -0.2) is 34.7 Å². The number of aromatic nitrogens is 1. The summed E-state index contributed by atoms with van der Waals surface area (Å²) in [6.45, 7) is 2.37. The summed E-state index contributed by atoms with van der Waals surface area (Å²) in [4.78, 5) is 41.0. The number of hydrogen-bond donors (Lipinski definition) is 3. The van der Waals surface area contributed by atoms with E-state index in [0.29, 0.717) is 28.6 Å².